The third-order valence-electron chi connectivity index (χ3n) is 4.50. The largest absolute Gasteiger partial charge is 0.492 e. The van der Waals surface area contributed by atoms with E-state index in [9.17, 15) is 4.79 Å². The SMILES string of the molecule is CCNc1cc(N2CCN(C(=O)Nc3ccccc3OCC)CC2)nc(C)n1. The molecular weight excluding hydrogens is 356 g/mol. The number of para-hydroxylation sites is 2. The van der Waals surface area contributed by atoms with Crippen molar-refractivity contribution in [2.24, 2.45) is 0 Å². The van der Waals surface area contributed by atoms with Gasteiger partial charge < -0.3 is 25.2 Å². The van der Waals surface area contributed by atoms with Crippen molar-refractivity contribution in [1.82, 2.24) is 14.9 Å². The van der Waals surface area contributed by atoms with E-state index < -0.39 is 0 Å². The minimum atomic E-state index is -0.112. The van der Waals surface area contributed by atoms with Gasteiger partial charge in [-0.25, -0.2) is 14.8 Å². The zero-order valence-corrected chi connectivity index (χ0v) is 16.7. The summed E-state index contributed by atoms with van der Waals surface area (Å²) < 4.78 is 5.58. The van der Waals surface area contributed by atoms with E-state index in [1.807, 2.05) is 56.0 Å². The average Bonchev–Trinajstić information content (AvgIpc) is 2.69. The number of nitrogens with zero attached hydrogens (tertiary/aromatic N) is 4. The van der Waals surface area contributed by atoms with E-state index in [1.54, 1.807) is 0 Å². The Morgan fingerprint density at radius 3 is 2.61 bits per heavy atom. The minimum Gasteiger partial charge on any atom is -0.492 e. The first-order chi connectivity index (χ1) is 13.6. The van der Waals surface area contributed by atoms with Crippen LogP contribution in [0.5, 0.6) is 5.75 Å². The van der Waals surface area contributed by atoms with Gasteiger partial charge in [0, 0.05) is 38.8 Å². The molecule has 1 aliphatic heterocycles. The van der Waals surface area contributed by atoms with Crippen molar-refractivity contribution in [2.45, 2.75) is 20.8 Å². The number of anilines is 3. The van der Waals surface area contributed by atoms with E-state index >= 15 is 0 Å². The van der Waals surface area contributed by atoms with Crippen molar-refractivity contribution < 1.29 is 9.53 Å². The van der Waals surface area contributed by atoms with Gasteiger partial charge in [-0.1, -0.05) is 12.1 Å². The van der Waals surface area contributed by atoms with Gasteiger partial charge in [-0.3, -0.25) is 0 Å². The molecule has 28 heavy (non-hydrogen) atoms. The summed E-state index contributed by atoms with van der Waals surface area (Å²) in [6, 6.07) is 9.34. The first kappa shape index (κ1) is 19.7. The number of ether oxygens (including phenoxy) is 1. The number of aromatic nitrogens is 2. The highest BCUT2D eigenvalue weighted by Crippen LogP contribution is 2.24. The molecule has 8 nitrogen and oxygen atoms in total. The van der Waals surface area contributed by atoms with Gasteiger partial charge in [0.2, 0.25) is 0 Å². The zero-order valence-electron chi connectivity index (χ0n) is 16.7. The number of rotatable bonds is 6. The van der Waals surface area contributed by atoms with Gasteiger partial charge in [-0.15, -0.1) is 0 Å². The number of piperazine rings is 1. The number of carbonyl (C=O) groups excluding carboxylic acids is 1. The van der Waals surface area contributed by atoms with Gasteiger partial charge in [0.15, 0.2) is 0 Å². The second-order valence-electron chi connectivity index (χ2n) is 6.52. The Bertz CT molecular complexity index is 805. The Labute approximate surface area is 165 Å². The van der Waals surface area contributed by atoms with Crippen molar-refractivity contribution >= 4 is 23.4 Å². The molecule has 1 aliphatic rings. The molecule has 2 amide bonds. The second-order valence-corrected chi connectivity index (χ2v) is 6.52. The van der Waals surface area contributed by atoms with Gasteiger partial charge in [0.05, 0.1) is 12.3 Å². The first-order valence-corrected chi connectivity index (χ1v) is 9.73. The monoisotopic (exact) mass is 384 g/mol. The Hall–Kier alpha value is -3.03. The lowest BCUT2D eigenvalue weighted by Crippen LogP contribution is -2.50. The van der Waals surface area contributed by atoms with Crippen LogP contribution in [0.2, 0.25) is 0 Å². The summed E-state index contributed by atoms with van der Waals surface area (Å²) in [5.74, 6) is 3.15. The van der Waals surface area contributed by atoms with Gasteiger partial charge in [0.1, 0.15) is 23.2 Å². The van der Waals surface area contributed by atoms with E-state index in [4.69, 9.17) is 4.74 Å². The lowest BCUT2D eigenvalue weighted by Gasteiger charge is -2.35. The zero-order chi connectivity index (χ0) is 19.9. The summed E-state index contributed by atoms with van der Waals surface area (Å²) in [6.07, 6.45) is 0. The van der Waals surface area contributed by atoms with Gasteiger partial charge in [-0.05, 0) is 32.9 Å². The standard InChI is InChI=1S/C20H28N6O2/c1-4-21-18-14-19(23-15(3)22-18)25-10-12-26(13-11-25)20(27)24-16-8-6-7-9-17(16)28-5-2/h6-9,14H,4-5,10-13H2,1-3H3,(H,24,27)(H,21,22,23). The molecule has 1 saturated heterocycles. The second kappa shape index (κ2) is 9.25. The highest BCUT2D eigenvalue weighted by molar-refractivity contribution is 5.91. The Morgan fingerprint density at radius 1 is 1.14 bits per heavy atom. The molecule has 0 unspecified atom stereocenters. The smallest absolute Gasteiger partial charge is 0.322 e. The number of hydrogen-bond donors (Lipinski definition) is 2. The van der Waals surface area contributed by atoms with E-state index in [-0.39, 0.29) is 6.03 Å². The van der Waals surface area contributed by atoms with E-state index in [0.717, 1.165) is 37.1 Å². The molecule has 0 bridgehead atoms. The molecular formula is C20H28N6O2. The highest BCUT2D eigenvalue weighted by Gasteiger charge is 2.23. The maximum atomic E-state index is 12.7. The van der Waals surface area contributed by atoms with Crippen LogP contribution >= 0.6 is 0 Å². The Balaban J connectivity index is 1.60. The predicted molar refractivity (Wildman–Crippen MR) is 111 cm³/mol. The lowest BCUT2D eigenvalue weighted by molar-refractivity contribution is 0.208. The Morgan fingerprint density at radius 2 is 1.89 bits per heavy atom. The number of nitrogens with one attached hydrogen (secondary N) is 2. The third kappa shape index (κ3) is 4.82. The molecule has 1 aromatic heterocycles. The lowest BCUT2D eigenvalue weighted by atomic mass is 10.3. The van der Waals surface area contributed by atoms with Crippen molar-refractivity contribution in [2.75, 3.05) is 54.9 Å². The summed E-state index contributed by atoms with van der Waals surface area (Å²) in [5, 5.41) is 6.20. The number of hydrogen-bond acceptors (Lipinski definition) is 6. The molecule has 0 atom stereocenters. The van der Waals surface area contributed by atoms with Crippen LogP contribution in [0.15, 0.2) is 30.3 Å². The number of aryl methyl sites for hydroxylation is 1. The van der Waals surface area contributed by atoms with Crippen molar-refractivity contribution in [3.63, 3.8) is 0 Å². The van der Waals surface area contributed by atoms with Crippen LogP contribution in [0, 0.1) is 6.92 Å². The highest BCUT2D eigenvalue weighted by atomic mass is 16.5. The van der Waals surface area contributed by atoms with Crippen LogP contribution in [0.1, 0.15) is 19.7 Å². The van der Waals surface area contributed by atoms with Crippen LogP contribution in [0.3, 0.4) is 0 Å². The molecule has 0 saturated carbocycles. The molecule has 0 aliphatic carbocycles. The summed E-state index contributed by atoms with van der Waals surface area (Å²) >= 11 is 0. The molecule has 2 N–H and O–H groups in total. The number of urea groups is 1. The predicted octanol–water partition coefficient (Wildman–Crippen LogP) is 2.97. The number of carbonyl (C=O) groups is 1. The molecule has 0 radical (unpaired) electrons. The maximum absolute atomic E-state index is 12.7. The number of amides is 2. The van der Waals surface area contributed by atoms with Crippen LogP contribution in [0.25, 0.3) is 0 Å². The first-order valence-electron chi connectivity index (χ1n) is 9.73. The minimum absolute atomic E-state index is 0.112. The van der Waals surface area contributed by atoms with E-state index in [0.29, 0.717) is 31.1 Å². The van der Waals surface area contributed by atoms with E-state index in [2.05, 4.69) is 25.5 Å². The fraction of sp³-hybridized carbons (Fsp3) is 0.450. The van der Waals surface area contributed by atoms with Crippen molar-refractivity contribution in [3.05, 3.63) is 36.2 Å². The molecule has 0 spiro atoms. The molecule has 2 aromatic rings. The normalized spacial score (nSPS) is 14.0. The molecule has 2 heterocycles. The molecule has 150 valence electrons. The number of benzene rings is 1. The summed E-state index contributed by atoms with van der Waals surface area (Å²) in [7, 11) is 0. The van der Waals surface area contributed by atoms with Gasteiger partial charge in [-0.2, -0.15) is 0 Å². The van der Waals surface area contributed by atoms with Crippen molar-refractivity contribution in [3.8, 4) is 5.75 Å². The summed E-state index contributed by atoms with van der Waals surface area (Å²) in [6.45, 7) is 9.93. The fourth-order valence-corrected chi connectivity index (χ4v) is 3.17. The fourth-order valence-electron chi connectivity index (χ4n) is 3.17. The van der Waals surface area contributed by atoms with Gasteiger partial charge >= 0.3 is 6.03 Å². The van der Waals surface area contributed by atoms with Crippen LogP contribution in [0.4, 0.5) is 22.1 Å². The maximum Gasteiger partial charge on any atom is 0.322 e. The molecule has 8 heteroatoms. The quantitative estimate of drug-likeness (QED) is 0.797. The molecule has 1 fully saturated rings. The topological polar surface area (TPSA) is 82.6 Å². The Kier molecular flexibility index (Phi) is 6.52. The summed E-state index contributed by atoms with van der Waals surface area (Å²) in [5.41, 5.74) is 0.693. The van der Waals surface area contributed by atoms with Gasteiger partial charge in [0.25, 0.3) is 0 Å². The summed E-state index contributed by atoms with van der Waals surface area (Å²) in [4.78, 5) is 25.6. The molecule has 3 rings (SSSR count). The van der Waals surface area contributed by atoms with E-state index in [1.165, 1.54) is 0 Å². The van der Waals surface area contributed by atoms with Crippen LogP contribution < -0.4 is 20.3 Å². The van der Waals surface area contributed by atoms with Crippen LogP contribution in [-0.4, -0.2) is 60.2 Å². The van der Waals surface area contributed by atoms with Crippen LogP contribution in [-0.2, 0) is 0 Å². The third-order valence-corrected chi connectivity index (χ3v) is 4.50. The van der Waals surface area contributed by atoms with Crippen molar-refractivity contribution in [1.29, 1.82) is 0 Å². The molecule has 1 aromatic carbocycles. The average molecular weight is 384 g/mol.